The van der Waals surface area contributed by atoms with E-state index in [0.29, 0.717) is 6.04 Å². The summed E-state index contributed by atoms with van der Waals surface area (Å²) < 4.78 is 5.36. The van der Waals surface area contributed by atoms with Gasteiger partial charge in [0, 0.05) is 25.8 Å². The number of likely N-dealkylation sites (tertiary alicyclic amines) is 1. The Bertz CT molecular complexity index is 347. The summed E-state index contributed by atoms with van der Waals surface area (Å²) in [5.74, 6) is 0. The Morgan fingerprint density at radius 1 is 1.20 bits per heavy atom. The van der Waals surface area contributed by atoms with Crippen LogP contribution in [-0.2, 0) is 11.3 Å². The summed E-state index contributed by atoms with van der Waals surface area (Å²) in [5, 5.41) is 3.66. The fraction of sp³-hybridized carbons (Fsp3) is 0.647. The molecule has 1 aliphatic heterocycles. The van der Waals surface area contributed by atoms with Crippen LogP contribution in [0.1, 0.15) is 31.7 Å². The number of nitrogens with zero attached hydrogens (tertiary/aromatic N) is 1. The van der Waals surface area contributed by atoms with Gasteiger partial charge in [0.1, 0.15) is 0 Å². The van der Waals surface area contributed by atoms with Gasteiger partial charge in [-0.15, -0.1) is 0 Å². The largest absolute Gasteiger partial charge is 0.382 e. The van der Waals surface area contributed by atoms with Gasteiger partial charge >= 0.3 is 0 Å². The first-order valence-electron chi connectivity index (χ1n) is 7.96. The third-order valence-electron chi connectivity index (χ3n) is 3.94. The fourth-order valence-electron chi connectivity index (χ4n) is 2.76. The van der Waals surface area contributed by atoms with Crippen LogP contribution in [0.25, 0.3) is 0 Å². The Hall–Kier alpha value is -0.900. The van der Waals surface area contributed by atoms with Crippen LogP contribution < -0.4 is 5.32 Å². The molecule has 3 nitrogen and oxygen atoms in total. The van der Waals surface area contributed by atoms with E-state index in [1.807, 2.05) is 0 Å². The molecule has 20 heavy (non-hydrogen) atoms. The molecule has 112 valence electrons. The van der Waals surface area contributed by atoms with Crippen molar-refractivity contribution in [3.63, 3.8) is 0 Å². The van der Waals surface area contributed by atoms with Gasteiger partial charge in [0.2, 0.25) is 0 Å². The van der Waals surface area contributed by atoms with E-state index in [1.165, 1.54) is 31.5 Å². The number of ether oxygens (including phenoxy) is 1. The van der Waals surface area contributed by atoms with Gasteiger partial charge in [-0.05, 0) is 51.4 Å². The first-order chi connectivity index (χ1) is 9.88. The Kier molecular flexibility index (Phi) is 7.06. The maximum atomic E-state index is 5.36. The average molecular weight is 276 g/mol. The minimum Gasteiger partial charge on any atom is -0.382 e. The second-order valence-electron chi connectivity index (χ2n) is 5.54. The number of rotatable bonds is 8. The number of nitrogens with one attached hydrogen (secondary N) is 1. The van der Waals surface area contributed by atoms with E-state index in [-0.39, 0.29) is 0 Å². The van der Waals surface area contributed by atoms with E-state index in [9.17, 15) is 0 Å². The molecule has 0 amide bonds. The van der Waals surface area contributed by atoms with Gasteiger partial charge in [-0.3, -0.25) is 4.90 Å². The van der Waals surface area contributed by atoms with E-state index >= 15 is 0 Å². The topological polar surface area (TPSA) is 24.5 Å². The van der Waals surface area contributed by atoms with E-state index < -0.39 is 0 Å². The third-order valence-corrected chi connectivity index (χ3v) is 3.94. The van der Waals surface area contributed by atoms with Crippen molar-refractivity contribution in [3.8, 4) is 0 Å². The van der Waals surface area contributed by atoms with Gasteiger partial charge in [-0.1, -0.05) is 30.3 Å². The van der Waals surface area contributed by atoms with Crippen molar-refractivity contribution in [2.24, 2.45) is 0 Å². The summed E-state index contributed by atoms with van der Waals surface area (Å²) in [6.45, 7) is 8.36. The molecule has 1 N–H and O–H groups in total. The molecule has 1 heterocycles. The first kappa shape index (κ1) is 15.5. The van der Waals surface area contributed by atoms with Gasteiger partial charge < -0.3 is 10.1 Å². The van der Waals surface area contributed by atoms with Gasteiger partial charge in [0.25, 0.3) is 0 Å². The van der Waals surface area contributed by atoms with Crippen LogP contribution >= 0.6 is 0 Å². The maximum Gasteiger partial charge on any atom is 0.0477 e. The standard InChI is InChI=1S/C17H28N2O/c1-2-20-14-6-11-18-17-9-12-19(13-10-17)15-16-7-4-3-5-8-16/h3-5,7-8,17-18H,2,6,9-15H2,1H3. The Labute approximate surface area is 123 Å². The molecule has 0 saturated carbocycles. The minimum atomic E-state index is 0.698. The van der Waals surface area contributed by atoms with Crippen LogP contribution in [0.5, 0.6) is 0 Å². The van der Waals surface area contributed by atoms with Crippen molar-refractivity contribution in [1.82, 2.24) is 10.2 Å². The van der Waals surface area contributed by atoms with Crippen molar-refractivity contribution < 1.29 is 4.74 Å². The molecular weight excluding hydrogens is 248 g/mol. The summed E-state index contributed by atoms with van der Waals surface area (Å²) >= 11 is 0. The van der Waals surface area contributed by atoms with E-state index in [0.717, 1.165) is 32.7 Å². The van der Waals surface area contributed by atoms with Crippen LogP contribution in [0.3, 0.4) is 0 Å². The van der Waals surface area contributed by atoms with Crippen molar-refractivity contribution in [1.29, 1.82) is 0 Å². The lowest BCUT2D eigenvalue weighted by molar-refractivity contribution is 0.141. The highest BCUT2D eigenvalue weighted by Crippen LogP contribution is 2.13. The van der Waals surface area contributed by atoms with Crippen molar-refractivity contribution >= 4 is 0 Å². The van der Waals surface area contributed by atoms with Gasteiger partial charge in [0.15, 0.2) is 0 Å². The van der Waals surface area contributed by atoms with Crippen LogP contribution in [0.2, 0.25) is 0 Å². The lowest BCUT2D eigenvalue weighted by Gasteiger charge is -2.32. The Morgan fingerprint density at radius 3 is 2.65 bits per heavy atom. The molecule has 3 heteroatoms. The molecule has 0 aromatic heterocycles. The molecule has 1 saturated heterocycles. The molecule has 2 rings (SSSR count). The lowest BCUT2D eigenvalue weighted by atomic mass is 10.0. The van der Waals surface area contributed by atoms with E-state index in [4.69, 9.17) is 4.74 Å². The van der Waals surface area contributed by atoms with Crippen molar-refractivity contribution in [2.45, 2.75) is 38.8 Å². The SMILES string of the molecule is CCOCCCNC1CCN(Cc2ccccc2)CC1. The molecule has 1 fully saturated rings. The second kappa shape index (κ2) is 9.11. The summed E-state index contributed by atoms with van der Waals surface area (Å²) in [6.07, 6.45) is 3.65. The molecule has 1 aliphatic rings. The highest BCUT2D eigenvalue weighted by molar-refractivity contribution is 5.14. The Morgan fingerprint density at radius 2 is 1.95 bits per heavy atom. The molecule has 0 aliphatic carbocycles. The number of hydrogen-bond acceptors (Lipinski definition) is 3. The third kappa shape index (κ3) is 5.61. The summed E-state index contributed by atoms with van der Waals surface area (Å²) in [4.78, 5) is 2.56. The number of hydrogen-bond donors (Lipinski definition) is 1. The zero-order valence-corrected chi connectivity index (χ0v) is 12.7. The molecular formula is C17H28N2O. The Balaban J connectivity index is 1.58. The molecule has 1 aromatic carbocycles. The summed E-state index contributed by atoms with van der Waals surface area (Å²) in [6, 6.07) is 11.5. The normalized spacial score (nSPS) is 17.4. The monoisotopic (exact) mass is 276 g/mol. The van der Waals surface area contributed by atoms with Crippen molar-refractivity contribution in [3.05, 3.63) is 35.9 Å². The minimum absolute atomic E-state index is 0.698. The fourth-order valence-corrected chi connectivity index (χ4v) is 2.76. The van der Waals surface area contributed by atoms with E-state index in [1.54, 1.807) is 0 Å². The zero-order valence-electron chi connectivity index (χ0n) is 12.7. The lowest BCUT2D eigenvalue weighted by Crippen LogP contribution is -2.42. The van der Waals surface area contributed by atoms with Crippen molar-refractivity contribution in [2.75, 3.05) is 32.8 Å². The first-order valence-corrected chi connectivity index (χ1v) is 7.96. The van der Waals surface area contributed by atoms with Gasteiger partial charge in [-0.25, -0.2) is 0 Å². The molecule has 0 unspecified atom stereocenters. The number of piperidine rings is 1. The van der Waals surface area contributed by atoms with Gasteiger partial charge in [0.05, 0.1) is 0 Å². The molecule has 1 aromatic rings. The van der Waals surface area contributed by atoms with Gasteiger partial charge in [-0.2, -0.15) is 0 Å². The van der Waals surface area contributed by atoms with Crippen LogP contribution in [-0.4, -0.2) is 43.8 Å². The smallest absolute Gasteiger partial charge is 0.0477 e. The van der Waals surface area contributed by atoms with E-state index in [2.05, 4.69) is 47.5 Å². The quantitative estimate of drug-likeness (QED) is 0.739. The zero-order chi connectivity index (χ0) is 14.0. The summed E-state index contributed by atoms with van der Waals surface area (Å²) in [7, 11) is 0. The van der Waals surface area contributed by atoms with Crippen LogP contribution in [0.4, 0.5) is 0 Å². The molecule has 0 spiro atoms. The predicted molar refractivity (Wildman–Crippen MR) is 83.9 cm³/mol. The molecule has 0 radical (unpaired) electrons. The average Bonchev–Trinajstić information content (AvgIpc) is 2.50. The highest BCUT2D eigenvalue weighted by Gasteiger charge is 2.18. The highest BCUT2D eigenvalue weighted by atomic mass is 16.5. The maximum absolute atomic E-state index is 5.36. The number of benzene rings is 1. The predicted octanol–water partition coefficient (Wildman–Crippen LogP) is 2.67. The molecule has 0 atom stereocenters. The second-order valence-corrected chi connectivity index (χ2v) is 5.54. The van der Waals surface area contributed by atoms with Crippen LogP contribution in [0, 0.1) is 0 Å². The summed E-state index contributed by atoms with van der Waals surface area (Å²) in [5.41, 5.74) is 1.43. The van der Waals surface area contributed by atoms with Crippen LogP contribution in [0.15, 0.2) is 30.3 Å². The molecule has 0 bridgehead atoms.